The molecular formula is C23H25Cl2N3O3. The van der Waals surface area contributed by atoms with E-state index in [2.05, 4.69) is 0 Å². The summed E-state index contributed by atoms with van der Waals surface area (Å²) in [7, 11) is 3.87. The normalized spacial score (nSPS) is 14.5. The van der Waals surface area contributed by atoms with Gasteiger partial charge in [0.15, 0.2) is 0 Å². The average Bonchev–Trinajstić information content (AvgIpc) is 2.74. The maximum atomic E-state index is 13.1. The van der Waals surface area contributed by atoms with Gasteiger partial charge in [-0.1, -0.05) is 47.5 Å². The van der Waals surface area contributed by atoms with Crippen LogP contribution >= 0.6 is 23.2 Å². The van der Waals surface area contributed by atoms with Gasteiger partial charge in [-0.25, -0.2) is 0 Å². The van der Waals surface area contributed by atoms with Gasteiger partial charge >= 0.3 is 0 Å². The number of carbonyl (C=O) groups excluding carboxylic acids is 2. The number of phenols is 1. The van der Waals surface area contributed by atoms with E-state index < -0.39 is 0 Å². The van der Waals surface area contributed by atoms with Gasteiger partial charge < -0.3 is 19.8 Å². The van der Waals surface area contributed by atoms with E-state index in [1.807, 2.05) is 43.3 Å². The number of halogens is 2. The number of likely N-dealkylation sites (N-methyl/N-ethyl adjacent to an activating group) is 1. The predicted molar refractivity (Wildman–Crippen MR) is 124 cm³/mol. The van der Waals surface area contributed by atoms with Crippen LogP contribution in [0.5, 0.6) is 5.75 Å². The van der Waals surface area contributed by atoms with Gasteiger partial charge in [0.2, 0.25) is 5.91 Å². The Labute approximate surface area is 192 Å². The molecule has 0 aromatic heterocycles. The summed E-state index contributed by atoms with van der Waals surface area (Å²) in [5.41, 5.74) is 1.42. The van der Waals surface area contributed by atoms with Crippen LogP contribution in [0.15, 0.2) is 48.6 Å². The number of nitrogens with zero attached hydrogens (tertiary/aromatic N) is 3. The minimum atomic E-state index is -0.308. The molecule has 1 aliphatic rings. The highest BCUT2D eigenvalue weighted by Gasteiger charge is 2.26. The summed E-state index contributed by atoms with van der Waals surface area (Å²) in [5.74, 6) is -0.557. The van der Waals surface area contributed by atoms with Gasteiger partial charge in [-0.05, 0) is 32.3 Å². The van der Waals surface area contributed by atoms with Crippen molar-refractivity contribution in [2.24, 2.45) is 0 Å². The van der Waals surface area contributed by atoms with E-state index in [0.717, 1.165) is 0 Å². The fraction of sp³-hybridized carbons (Fsp3) is 0.304. The highest BCUT2D eigenvalue weighted by molar-refractivity contribution is 6.36. The van der Waals surface area contributed by atoms with Crippen LogP contribution in [-0.4, -0.2) is 78.4 Å². The van der Waals surface area contributed by atoms with Gasteiger partial charge in [-0.3, -0.25) is 9.59 Å². The van der Waals surface area contributed by atoms with Gasteiger partial charge in [-0.2, -0.15) is 0 Å². The lowest BCUT2D eigenvalue weighted by Crippen LogP contribution is -2.50. The molecule has 3 rings (SSSR count). The molecule has 6 nitrogen and oxygen atoms in total. The number of phenolic OH excluding ortho intramolecular Hbond substituents is 1. The molecule has 0 bridgehead atoms. The monoisotopic (exact) mass is 461 g/mol. The Morgan fingerprint density at radius 2 is 1.65 bits per heavy atom. The number of rotatable bonds is 5. The summed E-state index contributed by atoms with van der Waals surface area (Å²) in [6.45, 7) is 2.32. The Hall–Kier alpha value is -2.54. The molecule has 1 aliphatic heterocycles. The fourth-order valence-electron chi connectivity index (χ4n) is 3.39. The van der Waals surface area contributed by atoms with Gasteiger partial charge in [0, 0.05) is 54.9 Å². The Bertz CT molecular complexity index is 1000. The zero-order valence-corrected chi connectivity index (χ0v) is 19.0. The smallest absolute Gasteiger partial charge is 0.257 e. The molecule has 164 valence electrons. The summed E-state index contributed by atoms with van der Waals surface area (Å²) < 4.78 is 0. The summed E-state index contributed by atoms with van der Waals surface area (Å²) >= 11 is 12.6. The van der Waals surface area contributed by atoms with Gasteiger partial charge in [-0.15, -0.1) is 0 Å². The number of aromatic hydroxyl groups is 1. The molecule has 1 heterocycles. The van der Waals surface area contributed by atoms with E-state index in [9.17, 15) is 14.7 Å². The maximum absolute atomic E-state index is 13.1. The molecule has 1 saturated heterocycles. The lowest BCUT2D eigenvalue weighted by Gasteiger charge is -2.34. The topological polar surface area (TPSA) is 64.1 Å². The number of hydrogen-bond donors (Lipinski definition) is 1. The fourth-order valence-corrected chi connectivity index (χ4v) is 3.89. The minimum Gasteiger partial charge on any atom is -0.507 e. The summed E-state index contributed by atoms with van der Waals surface area (Å²) in [4.78, 5) is 30.7. The van der Waals surface area contributed by atoms with Crippen LogP contribution in [0.25, 0.3) is 11.1 Å². The number of amides is 2. The van der Waals surface area contributed by atoms with Crippen LogP contribution in [0, 0.1) is 0 Å². The van der Waals surface area contributed by atoms with Crippen molar-refractivity contribution in [3.8, 4) is 16.9 Å². The molecule has 0 unspecified atom stereocenters. The van der Waals surface area contributed by atoms with Crippen molar-refractivity contribution in [3.63, 3.8) is 0 Å². The largest absolute Gasteiger partial charge is 0.507 e. The molecule has 2 aromatic carbocycles. The van der Waals surface area contributed by atoms with Gasteiger partial charge in [0.1, 0.15) is 5.75 Å². The van der Waals surface area contributed by atoms with Crippen LogP contribution in [0.4, 0.5) is 0 Å². The van der Waals surface area contributed by atoms with Crippen molar-refractivity contribution >= 4 is 35.0 Å². The maximum Gasteiger partial charge on any atom is 0.257 e. The number of carbonyl (C=O) groups is 2. The Morgan fingerprint density at radius 3 is 2.29 bits per heavy atom. The Kier molecular flexibility index (Phi) is 7.59. The Balaban J connectivity index is 1.73. The second-order valence-corrected chi connectivity index (χ2v) is 8.43. The molecule has 0 radical (unpaired) electrons. The summed E-state index contributed by atoms with van der Waals surface area (Å²) in [5, 5.41) is 11.2. The van der Waals surface area contributed by atoms with Crippen molar-refractivity contribution in [2.75, 3.05) is 46.8 Å². The van der Waals surface area contributed by atoms with Crippen LogP contribution in [0.1, 0.15) is 10.4 Å². The van der Waals surface area contributed by atoms with Gasteiger partial charge in [0.05, 0.1) is 10.6 Å². The predicted octanol–water partition coefficient (Wildman–Crippen LogP) is 3.77. The lowest BCUT2D eigenvalue weighted by atomic mass is 10.0. The number of benzene rings is 2. The van der Waals surface area contributed by atoms with Crippen LogP contribution < -0.4 is 0 Å². The highest BCUT2D eigenvalue weighted by atomic mass is 35.5. The molecule has 8 heteroatoms. The first kappa shape index (κ1) is 23.1. The molecular weight excluding hydrogens is 437 g/mol. The minimum absolute atomic E-state index is 0.0655. The molecule has 2 amide bonds. The van der Waals surface area contributed by atoms with Crippen molar-refractivity contribution in [2.45, 2.75) is 0 Å². The van der Waals surface area contributed by atoms with Crippen molar-refractivity contribution in [1.82, 2.24) is 14.7 Å². The third kappa shape index (κ3) is 5.58. The quantitative estimate of drug-likeness (QED) is 0.688. The first-order valence-electron chi connectivity index (χ1n) is 9.94. The molecule has 0 atom stereocenters. The second-order valence-electron chi connectivity index (χ2n) is 7.61. The third-order valence-corrected chi connectivity index (χ3v) is 5.73. The SMILES string of the molecule is CN(C)C/C=C/C(=O)N1CCN(C(=O)c2cc(-c3ccccc3Cl)c(Cl)cc2O)CC1. The van der Waals surface area contributed by atoms with Crippen molar-refractivity contribution in [1.29, 1.82) is 0 Å². The summed E-state index contributed by atoms with van der Waals surface area (Å²) in [6, 6.07) is 10.1. The zero-order chi connectivity index (χ0) is 22.5. The average molecular weight is 462 g/mol. The van der Waals surface area contributed by atoms with E-state index in [-0.39, 0.29) is 23.1 Å². The first-order chi connectivity index (χ1) is 14.8. The molecule has 0 saturated carbocycles. The number of hydrogen-bond acceptors (Lipinski definition) is 4. The highest BCUT2D eigenvalue weighted by Crippen LogP contribution is 2.37. The zero-order valence-electron chi connectivity index (χ0n) is 17.5. The molecule has 1 N–H and O–H groups in total. The molecule has 31 heavy (non-hydrogen) atoms. The molecule has 0 spiro atoms. The first-order valence-corrected chi connectivity index (χ1v) is 10.7. The second kappa shape index (κ2) is 10.2. The van der Waals surface area contributed by atoms with Crippen LogP contribution in [0.2, 0.25) is 10.0 Å². The van der Waals surface area contributed by atoms with E-state index >= 15 is 0 Å². The van der Waals surface area contributed by atoms with Crippen molar-refractivity contribution in [3.05, 3.63) is 64.2 Å². The standard InChI is InChI=1S/C23H25Cl2N3O3/c1-26(2)9-5-8-22(30)27-10-12-28(13-11-27)23(31)18-14-17(20(25)15-21(18)29)16-6-3-4-7-19(16)24/h3-8,14-15,29H,9-13H2,1-2H3/b8-5+. The van der Waals surface area contributed by atoms with E-state index in [1.165, 1.54) is 6.07 Å². The molecule has 0 aliphatic carbocycles. The molecule has 1 fully saturated rings. The lowest BCUT2D eigenvalue weighted by molar-refractivity contribution is -0.127. The molecule has 2 aromatic rings. The van der Waals surface area contributed by atoms with Crippen LogP contribution in [0.3, 0.4) is 0 Å². The summed E-state index contributed by atoms with van der Waals surface area (Å²) in [6.07, 6.45) is 3.39. The van der Waals surface area contributed by atoms with E-state index in [4.69, 9.17) is 23.2 Å². The van der Waals surface area contributed by atoms with Gasteiger partial charge in [0.25, 0.3) is 5.91 Å². The third-order valence-electron chi connectivity index (χ3n) is 5.09. The van der Waals surface area contributed by atoms with Crippen molar-refractivity contribution < 1.29 is 14.7 Å². The van der Waals surface area contributed by atoms with Crippen LogP contribution in [-0.2, 0) is 4.79 Å². The van der Waals surface area contributed by atoms with E-state index in [0.29, 0.717) is 53.9 Å². The Morgan fingerprint density at radius 1 is 1.00 bits per heavy atom. The number of piperazine rings is 1. The van der Waals surface area contributed by atoms with E-state index in [1.54, 1.807) is 28.0 Å².